The van der Waals surface area contributed by atoms with Crippen molar-refractivity contribution in [1.29, 1.82) is 0 Å². The number of aromatic nitrogens is 2. The van der Waals surface area contributed by atoms with Crippen LogP contribution in [0, 0.1) is 0 Å². The Bertz CT molecular complexity index is 965. The molecule has 1 aliphatic rings. The van der Waals surface area contributed by atoms with Crippen molar-refractivity contribution >= 4 is 16.8 Å². The van der Waals surface area contributed by atoms with Gasteiger partial charge in [0.2, 0.25) is 0 Å². The summed E-state index contributed by atoms with van der Waals surface area (Å²) in [5, 5.41) is 8.05. The van der Waals surface area contributed by atoms with Crippen LogP contribution in [-0.2, 0) is 0 Å². The van der Waals surface area contributed by atoms with Gasteiger partial charge in [0.25, 0.3) is 11.8 Å². The number of alkyl halides is 2. The summed E-state index contributed by atoms with van der Waals surface area (Å²) in [7, 11) is 0. The third-order valence-electron chi connectivity index (χ3n) is 4.75. The summed E-state index contributed by atoms with van der Waals surface area (Å²) in [5.74, 6) is -3.42. The largest absolute Gasteiger partial charge is 0.366 e. The van der Waals surface area contributed by atoms with Crippen molar-refractivity contribution in [3.8, 4) is 5.69 Å². The van der Waals surface area contributed by atoms with Gasteiger partial charge in [0, 0.05) is 30.5 Å². The highest BCUT2D eigenvalue weighted by Gasteiger charge is 2.36. The normalized spacial score (nSPS) is 19.5. The number of nitrogens with one attached hydrogen (secondary N) is 1. The van der Waals surface area contributed by atoms with E-state index in [1.807, 2.05) is 36.5 Å². The predicted octanol–water partition coefficient (Wildman–Crippen LogP) is 2.84. The number of piperidine rings is 1. The van der Waals surface area contributed by atoms with E-state index in [1.165, 1.54) is 0 Å². The maximum Gasteiger partial charge on any atom is 0.260 e. The van der Waals surface area contributed by atoms with Gasteiger partial charge in [-0.05, 0) is 23.8 Å². The molecule has 0 bridgehead atoms. The van der Waals surface area contributed by atoms with Crippen LogP contribution < -0.4 is 11.1 Å². The van der Waals surface area contributed by atoms with Crippen LogP contribution in [0.1, 0.15) is 28.3 Å². The van der Waals surface area contributed by atoms with E-state index in [1.54, 1.807) is 16.8 Å². The quantitative estimate of drug-likeness (QED) is 0.758. The maximum atomic E-state index is 13.6. The molecule has 1 saturated heterocycles. The van der Waals surface area contributed by atoms with Gasteiger partial charge in [0.1, 0.15) is 5.52 Å². The van der Waals surface area contributed by atoms with Crippen LogP contribution in [0.15, 0.2) is 48.7 Å². The standard InChI is InChI=1S/C19H18F2N4O/c20-19(21)8-14(9-23-11-19)12-4-6-15(7-5-12)25-10-13-2-1-3-16(18(22)26)17(13)24-25/h1-7,10,14,23H,8-9,11H2,(H2,22,26)/t14-/m0/s1. The van der Waals surface area contributed by atoms with E-state index >= 15 is 0 Å². The number of rotatable bonds is 3. The lowest BCUT2D eigenvalue weighted by molar-refractivity contribution is -0.0277. The van der Waals surface area contributed by atoms with Crippen LogP contribution in [0.4, 0.5) is 8.78 Å². The summed E-state index contributed by atoms with van der Waals surface area (Å²) in [4.78, 5) is 11.5. The number of carbonyl (C=O) groups is 1. The number of hydrogen-bond acceptors (Lipinski definition) is 3. The molecular formula is C19H18F2N4O. The second-order valence-electron chi connectivity index (χ2n) is 6.66. The molecule has 5 nitrogen and oxygen atoms in total. The molecule has 3 N–H and O–H groups in total. The van der Waals surface area contributed by atoms with E-state index < -0.39 is 11.8 Å². The van der Waals surface area contributed by atoms with Gasteiger partial charge in [-0.1, -0.05) is 24.3 Å². The number of carbonyl (C=O) groups excluding carboxylic acids is 1. The molecule has 0 saturated carbocycles. The number of primary amides is 1. The number of hydrogen-bond donors (Lipinski definition) is 2. The van der Waals surface area contributed by atoms with E-state index in [2.05, 4.69) is 10.4 Å². The smallest absolute Gasteiger partial charge is 0.260 e. The summed E-state index contributed by atoms with van der Waals surface area (Å²) in [6, 6.07) is 12.6. The monoisotopic (exact) mass is 356 g/mol. The van der Waals surface area contributed by atoms with Gasteiger partial charge >= 0.3 is 0 Å². The van der Waals surface area contributed by atoms with Crippen LogP contribution in [-0.4, -0.2) is 34.7 Å². The number of nitrogens with two attached hydrogens (primary N) is 1. The number of nitrogens with zero attached hydrogens (tertiary/aromatic N) is 2. The Morgan fingerprint density at radius 1 is 1.23 bits per heavy atom. The molecule has 2 aromatic carbocycles. The molecule has 3 aromatic rings. The maximum absolute atomic E-state index is 13.6. The second kappa shape index (κ2) is 6.17. The zero-order chi connectivity index (χ0) is 18.3. The summed E-state index contributed by atoms with van der Waals surface area (Å²) in [5.41, 5.74) is 7.97. The molecule has 2 heterocycles. The van der Waals surface area contributed by atoms with E-state index in [0.717, 1.165) is 16.6 Å². The zero-order valence-corrected chi connectivity index (χ0v) is 14.0. The summed E-state index contributed by atoms with van der Waals surface area (Å²) in [6.07, 6.45) is 1.67. The average Bonchev–Trinajstić information content (AvgIpc) is 3.05. The lowest BCUT2D eigenvalue weighted by Crippen LogP contribution is -2.42. The Labute approximate surface area is 148 Å². The average molecular weight is 356 g/mol. The molecule has 7 heteroatoms. The fraction of sp³-hybridized carbons (Fsp3) is 0.263. The van der Waals surface area contributed by atoms with Gasteiger partial charge in [0.15, 0.2) is 0 Å². The predicted molar refractivity (Wildman–Crippen MR) is 94.8 cm³/mol. The minimum Gasteiger partial charge on any atom is -0.366 e. The number of amides is 1. The molecular weight excluding hydrogens is 338 g/mol. The van der Waals surface area contributed by atoms with E-state index in [9.17, 15) is 13.6 Å². The van der Waals surface area contributed by atoms with Crippen molar-refractivity contribution < 1.29 is 13.6 Å². The van der Waals surface area contributed by atoms with Crippen molar-refractivity contribution in [2.45, 2.75) is 18.3 Å². The van der Waals surface area contributed by atoms with Gasteiger partial charge in [0.05, 0.1) is 17.8 Å². The van der Waals surface area contributed by atoms with Gasteiger partial charge in [-0.2, -0.15) is 5.10 Å². The molecule has 1 aliphatic heterocycles. The van der Waals surface area contributed by atoms with Gasteiger partial charge in [-0.25, -0.2) is 13.5 Å². The van der Waals surface area contributed by atoms with E-state index in [0.29, 0.717) is 17.6 Å². The minimum absolute atomic E-state index is 0.146. The number of halogens is 2. The minimum atomic E-state index is -2.67. The fourth-order valence-corrected chi connectivity index (χ4v) is 3.45. The summed E-state index contributed by atoms with van der Waals surface area (Å²) < 4.78 is 28.8. The molecule has 4 rings (SSSR count). The first-order valence-electron chi connectivity index (χ1n) is 8.40. The highest BCUT2D eigenvalue weighted by Crippen LogP contribution is 2.33. The third kappa shape index (κ3) is 3.06. The molecule has 0 radical (unpaired) electrons. The molecule has 1 aromatic heterocycles. The molecule has 134 valence electrons. The Hall–Kier alpha value is -2.80. The first kappa shape index (κ1) is 16.7. The second-order valence-corrected chi connectivity index (χ2v) is 6.66. The van der Waals surface area contributed by atoms with Crippen molar-refractivity contribution in [2.75, 3.05) is 13.1 Å². The lowest BCUT2D eigenvalue weighted by atomic mass is 9.90. The van der Waals surface area contributed by atoms with E-state index in [4.69, 9.17) is 5.73 Å². The fourth-order valence-electron chi connectivity index (χ4n) is 3.45. The van der Waals surface area contributed by atoms with Crippen LogP contribution >= 0.6 is 0 Å². The molecule has 1 fully saturated rings. The highest BCUT2D eigenvalue weighted by atomic mass is 19.3. The van der Waals surface area contributed by atoms with Gasteiger partial charge in [-0.15, -0.1) is 0 Å². The summed E-state index contributed by atoms with van der Waals surface area (Å²) >= 11 is 0. The molecule has 26 heavy (non-hydrogen) atoms. The zero-order valence-electron chi connectivity index (χ0n) is 14.0. The molecule has 1 atom stereocenters. The third-order valence-corrected chi connectivity index (χ3v) is 4.75. The molecule has 1 amide bonds. The van der Waals surface area contributed by atoms with Crippen LogP contribution in [0.2, 0.25) is 0 Å². The van der Waals surface area contributed by atoms with Gasteiger partial charge in [-0.3, -0.25) is 4.79 Å². The van der Waals surface area contributed by atoms with Crippen LogP contribution in [0.3, 0.4) is 0 Å². The van der Waals surface area contributed by atoms with Crippen molar-refractivity contribution in [1.82, 2.24) is 15.1 Å². The van der Waals surface area contributed by atoms with Crippen LogP contribution in [0.5, 0.6) is 0 Å². The van der Waals surface area contributed by atoms with Crippen molar-refractivity contribution in [2.24, 2.45) is 5.73 Å². The topological polar surface area (TPSA) is 72.9 Å². The first-order chi connectivity index (χ1) is 12.4. The van der Waals surface area contributed by atoms with E-state index in [-0.39, 0.29) is 18.9 Å². The van der Waals surface area contributed by atoms with Gasteiger partial charge < -0.3 is 11.1 Å². The Kier molecular flexibility index (Phi) is 3.96. The first-order valence-corrected chi connectivity index (χ1v) is 8.40. The van der Waals surface area contributed by atoms with Crippen molar-refractivity contribution in [3.63, 3.8) is 0 Å². The Balaban J connectivity index is 1.64. The Morgan fingerprint density at radius 2 is 2.00 bits per heavy atom. The Morgan fingerprint density at radius 3 is 2.69 bits per heavy atom. The lowest BCUT2D eigenvalue weighted by Gasteiger charge is -2.30. The molecule has 0 unspecified atom stereocenters. The number of fused-ring (bicyclic) bond motifs is 1. The highest BCUT2D eigenvalue weighted by molar-refractivity contribution is 6.04. The molecule has 0 spiro atoms. The van der Waals surface area contributed by atoms with Crippen LogP contribution in [0.25, 0.3) is 16.6 Å². The number of benzene rings is 2. The SMILES string of the molecule is NC(=O)c1cccc2cn(-c3ccc([C@@H]4CNCC(F)(F)C4)cc3)nc12. The van der Waals surface area contributed by atoms with Crippen molar-refractivity contribution in [3.05, 3.63) is 59.8 Å². The summed E-state index contributed by atoms with van der Waals surface area (Å²) in [6.45, 7) is 0.284. The molecule has 0 aliphatic carbocycles.